The molecule has 30 heavy (non-hydrogen) atoms. The predicted octanol–water partition coefficient (Wildman–Crippen LogP) is 5.10. The van der Waals surface area contributed by atoms with Gasteiger partial charge in [0.15, 0.2) is 0 Å². The number of hydrogen-bond donors (Lipinski definition) is 1. The topological polar surface area (TPSA) is 55.4 Å². The highest BCUT2D eigenvalue weighted by atomic mass is 16.6. The number of benzene rings is 2. The second kappa shape index (κ2) is 9.13. The zero-order chi connectivity index (χ0) is 21.9. The lowest BCUT2D eigenvalue weighted by Gasteiger charge is -2.25. The van der Waals surface area contributed by atoms with Gasteiger partial charge in [0.2, 0.25) is 0 Å². The fourth-order valence-corrected chi connectivity index (χ4v) is 4.12. The molecule has 4 nitrogen and oxygen atoms in total. The molecule has 2 aromatic rings. The van der Waals surface area contributed by atoms with E-state index in [9.17, 15) is 9.59 Å². The molecule has 0 amide bonds. The van der Waals surface area contributed by atoms with Crippen LogP contribution in [0, 0.1) is 5.92 Å². The summed E-state index contributed by atoms with van der Waals surface area (Å²) in [5, 5.41) is 3.28. The lowest BCUT2D eigenvalue weighted by atomic mass is 9.91. The Morgan fingerprint density at radius 3 is 2.00 bits per heavy atom. The van der Waals surface area contributed by atoms with Crippen LogP contribution >= 0.6 is 0 Å². The number of esters is 1. The van der Waals surface area contributed by atoms with Crippen LogP contribution in [0.1, 0.15) is 64.5 Å². The van der Waals surface area contributed by atoms with Crippen LogP contribution in [0.3, 0.4) is 0 Å². The van der Waals surface area contributed by atoms with Crippen molar-refractivity contribution in [2.75, 3.05) is 6.54 Å². The van der Waals surface area contributed by atoms with Crippen molar-refractivity contribution in [3.63, 3.8) is 0 Å². The van der Waals surface area contributed by atoms with E-state index in [0.29, 0.717) is 25.3 Å². The molecule has 0 unspecified atom stereocenters. The molecule has 0 radical (unpaired) electrons. The van der Waals surface area contributed by atoms with Gasteiger partial charge in [0.25, 0.3) is 0 Å². The maximum atomic E-state index is 13.2. The van der Waals surface area contributed by atoms with Crippen molar-refractivity contribution in [2.24, 2.45) is 5.92 Å². The zero-order valence-corrected chi connectivity index (χ0v) is 18.7. The maximum absolute atomic E-state index is 13.2. The number of carbonyl (C=O) groups excluding carboxylic acids is 2. The first kappa shape index (κ1) is 22.2. The summed E-state index contributed by atoms with van der Waals surface area (Å²) in [6.07, 6.45) is 1.04. The molecular formula is C26H33NO3. The van der Waals surface area contributed by atoms with Gasteiger partial charge in [-0.15, -0.1) is 0 Å². The predicted molar refractivity (Wildman–Crippen MR) is 120 cm³/mol. The first-order valence-corrected chi connectivity index (χ1v) is 10.8. The lowest BCUT2D eigenvalue weighted by molar-refractivity contribution is -0.158. The van der Waals surface area contributed by atoms with E-state index in [1.54, 1.807) is 0 Å². The van der Waals surface area contributed by atoms with Crippen LogP contribution < -0.4 is 5.32 Å². The van der Waals surface area contributed by atoms with Gasteiger partial charge in [0.05, 0.1) is 5.92 Å². The Balaban J connectivity index is 1.68. The maximum Gasteiger partial charge on any atom is 0.323 e. The molecule has 0 aromatic heterocycles. The second-order valence-electron chi connectivity index (χ2n) is 9.49. The Kier molecular flexibility index (Phi) is 6.77. The molecule has 160 valence electrons. The van der Waals surface area contributed by atoms with Crippen molar-refractivity contribution in [1.29, 1.82) is 0 Å². The lowest BCUT2D eigenvalue weighted by Crippen LogP contribution is -2.43. The average molecular weight is 408 g/mol. The highest BCUT2D eigenvalue weighted by molar-refractivity contribution is 5.97. The zero-order valence-electron chi connectivity index (χ0n) is 18.7. The number of hydrogen-bond acceptors (Lipinski definition) is 4. The van der Waals surface area contributed by atoms with Crippen molar-refractivity contribution in [1.82, 2.24) is 5.32 Å². The molecule has 0 heterocycles. The number of Topliss-reactive ketones (excluding diaryl/α,β-unsaturated/α-hetero) is 1. The van der Waals surface area contributed by atoms with Gasteiger partial charge in [-0.1, -0.05) is 62.4 Å². The highest BCUT2D eigenvalue weighted by Gasteiger charge is 2.33. The molecule has 2 aromatic carbocycles. The quantitative estimate of drug-likeness (QED) is 0.618. The number of carbonyl (C=O) groups is 2. The number of nitrogens with one attached hydrogen (secondary N) is 1. The van der Waals surface area contributed by atoms with Gasteiger partial charge in [-0.3, -0.25) is 9.59 Å². The van der Waals surface area contributed by atoms with Gasteiger partial charge >= 0.3 is 5.97 Å². The molecule has 0 aliphatic heterocycles. The van der Waals surface area contributed by atoms with Gasteiger partial charge in [0, 0.05) is 13.0 Å². The van der Waals surface area contributed by atoms with Crippen molar-refractivity contribution >= 4 is 11.8 Å². The minimum atomic E-state index is -0.527. The van der Waals surface area contributed by atoms with Crippen molar-refractivity contribution in [3.8, 4) is 11.1 Å². The number of rotatable bonds is 8. The SMILES string of the molecule is CC(C)C[C@H](NCCC(=O)C1c2ccccc2-c2ccccc21)C(=O)OC(C)(C)C. The summed E-state index contributed by atoms with van der Waals surface area (Å²) in [5.74, 6) is 0.0381. The Morgan fingerprint density at radius 1 is 0.967 bits per heavy atom. The third-order valence-corrected chi connectivity index (χ3v) is 5.32. The Morgan fingerprint density at radius 2 is 1.50 bits per heavy atom. The fraction of sp³-hybridized carbons (Fsp3) is 0.462. The summed E-state index contributed by atoms with van der Waals surface area (Å²) in [7, 11) is 0. The average Bonchev–Trinajstić information content (AvgIpc) is 3.00. The van der Waals surface area contributed by atoms with E-state index >= 15 is 0 Å². The molecular weight excluding hydrogens is 374 g/mol. The first-order chi connectivity index (χ1) is 14.2. The van der Waals surface area contributed by atoms with Crippen LogP contribution in [0.15, 0.2) is 48.5 Å². The van der Waals surface area contributed by atoms with Gasteiger partial charge < -0.3 is 10.1 Å². The monoisotopic (exact) mass is 407 g/mol. The summed E-state index contributed by atoms with van der Waals surface area (Å²) >= 11 is 0. The Hall–Kier alpha value is -2.46. The molecule has 1 N–H and O–H groups in total. The van der Waals surface area contributed by atoms with Crippen LogP contribution in [-0.2, 0) is 14.3 Å². The standard InChI is InChI=1S/C26H33NO3/c1-17(2)16-22(25(29)30-26(3,4)5)27-15-14-23(28)24-20-12-8-6-10-18(20)19-11-7-9-13-21(19)24/h6-13,17,22,24,27H,14-16H2,1-5H3/t22-/m0/s1. The molecule has 1 aliphatic rings. The minimum Gasteiger partial charge on any atom is -0.459 e. The third-order valence-electron chi connectivity index (χ3n) is 5.32. The highest BCUT2D eigenvalue weighted by Crippen LogP contribution is 2.45. The summed E-state index contributed by atoms with van der Waals surface area (Å²) in [6.45, 7) is 10.2. The van der Waals surface area contributed by atoms with E-state index in [-0.39, 0.29) is 17.7 Å². The molecule has 0 bridgehead atoms. The second-order valence-corrected chi connectivity index (χ2v) is 9.49. The fourth-order valence-electron chi connectivity index (χ4n) is 4.12. The molecule has 0 saturated carbocycles. The van der Waals surface area contributed by atoms with Crippen molar-refractivity contribution in [2.45, 2.75) is 65.0 Å². The summed E-state index contributed by atoms with van der Waals surface area (Å²) in [4.78, 5) is 25.8. The van der Waals surface area contributed by atoms with E-state index in [1.165, 1.54) is 0 Å². The minimum absolute atomic E-state index is 0.174. The Labute approximate surface area is 180 Å². The van der Waals surface area contributed by atoms with Crippen molar-refractivity contribution < 1.29 is 14.3 Å². The normalized spacial score (nSPS) is 14.3. The molecule has 0 saturated heterocycles. The van der Waals surface area contributed by atoms with E-state index < -0.39 is 11.6 Å². The van der Waals surface area contributed by atoms with Crippen LogP contribution in [0.25, 0.3) is 11.1 Å². The number of ketones is 1. The largest absolute Gasteiger partial charge is 0.459 e. The van der Waals surface area contributed by atoms with Crippen LogP contribution in [-0.4, -0.2) is 29.9 Å². The molecule has 1 aliphatic carbocycles. The van der Waals surface area contributed by atoms with E-state index in [0.717, 1.165) is 22.3 Å². The molecule has 0 spiro atoms. The number of ether oxygens (including phenoxy) is 1. The third kappa shape index (κ3) is 5.17. The molecule has 0 fully saturated rings. The molecule has 3 rings (SSSR count). The smallest absolute Gasteiger partial charge is 0.323 e. The van der Waals surface area contributed by atoms with Crippen LogP contribution in [0.4, 0.5) is 0 Å². The Bertz CT molecular complexity index is 865. The number of fused-ring (bicyclic) bond motifs is 3. The van der Waals surface area contributed by atoms with Gasteiger partial charge in [-0.05, 0) is 55.4 Å². The van der Waals surface area contributed by atoms with Gasteiger partial charge in [-0.25, -0.2) is 0 Å². The van der Waals surface area contributed by atoms with Crippen LogP contribution in [0.5, 0.6) is 0 Å². The summed E-state index contributed by atoms with van der Waals surface area (Å²) in [5.41, 5.74) is 3.92. The molecule has 1 atom stereocenters. The van der Waals surface area contributed by atoms with Crippen molar-refractivity contribution in [3.05, 3.63) is 59.7 Å². The first-order valence-electron chi connectivity index (χ1n) is 10.8. The summed E-state index contributed by atoms with van der Waals surface area (Å²) in [6, 6.07) is 15.9. The van der Waals surface area contributed by atoms with Gasteiger partial charge in [-0.2, -0.15) is 0 Å². The van der Waals surface area contributed by atoms with Gasteiger partial charge in [0.1, 0.15) is 17.4 Å². The van der Waals surface area contributed by atoms with E-state index in [1.807, 2.05) is 57.2 Å². The molecule has 4 heteroatoms. The van der Waals surface area contributed by atoms with E-state index in [4.69, 9.17) is 4.74 Å². The summed E-state index contributed by atoms with van der Waals surface area (Å²) < 4.78 is 5.56. The van der Waals surface area contributed by atoms with E-state index in [2.05, 4.69) is 31.3 Å². The van der Waals surface area contributed by atoms with Crippen LogP contribution in [0.2, 0.25) is 0 Å².